The standard InChI is InChI=1S/C11H8FNO/c12-10-5-4-8(14)7-9(10)11-3-1-2-6-13-11/h1-7,14H. The van der Waals surface area contributed by atoms with Crippen LogP contribution in [0.4, 0.5) is 4.39 Å². The van der Waals surface area contributed by atoms with Crippen molar-refractivity contribution in [3.63, 3.8) is 0 Å². The molecule has 0 amide bonds. The van der Waals surface area contributed by atoms with Crippen LogP contribution in [0.3, 0.4) is 0 Å². The highest BCUT2D eigenvalue weighted by atomic mass is 19.1. The Balaban J connectivity index is 2.57. The van der Waals surface area contributed by atoms with Crippen molar-refractivity contribution in [2.45, 2.75) is 0 Å². The summed E-state index contributed by atoms with van der Waals surface area (Å²) in [6, 6.07) is 9.10. The molecule has 0 aliphatic rings. The predicted octanol–water partition coefficient (Wildman–Crippen LogP) is 2.59. The van der Waals surface area contributed by atoms with Crippen LogP contribution in [0.2, 0.25) is 0 Å². The van der Waals surface area contributed by atoms with E-state index < -0.39 is 0 Å². The lowest BCUT2D eigenvalue weighted by molar-refractivity contribution is 0.473. The van der Waals surface area contributed by atoms with E-state index in [9.17, 15) is 9.50 Å². The Morgan fingerprint density at radius 3 is 2.71 bits per heavy atom. The second kappa shape index (κ2) is 3.46. The van der Waals surface area contributed by atoms with Gasteiger partial charge in [-0.25, -0.2) is 4.39 Å². The minimum Gasteiger partial charge on any atom is -0.508 e. The third kappa shape index (κ3) is 1.57. The second-order valence-electron chi connectivity index (χ2n) is 2.88. The topological polar surface area (TPSA) is 33.1 Å². The first-order chi connectivity index (χ1) is 6.77. The molecule has 0 saturated carbocycles. The molecule has 0 spiro atoms. The van der Waals surface area contributed by atoms with Gasteiger partial charge < -0.3 is 5.11 Å². The molecule has 1 aromatic heterocycles. The second-order valence-corrected chi connectivity index (χ2v) is 2.88. The Bertz CT molecular complexity index is 442. The Labute approximate surface area is 80.7 Å². The number of phenolic OH excluding ortho intramolecular Hbond substituents is 1. The molecule has 0 bridgehead atoms. The molecule has 1 aromatic carbocycles. The van der Waals surface area contributed by atoms with E-state index >= 15 is 0 Å². The van der Waals surface area contributed by atoms with Gasteiger partial charge in [-0.05, 0) is 30.3 Å². The Kier molecular flexibility index (Phi) is 2.14. The molecule has 70 valence electrons. The van der Waals surface area contributed by atoms with Crippen LogP contribution in [0.5, 0.6) is 5.75 Å². The van der Waals surface area contributed by atoms with E-state index in [0.29, 0.717) is 11.3 Å². The lowest BCUT2D eigenvalue weighted by atomic mass is 10.1. The highest BCUT2D eigenvalue weighted by molar-refractivity contribution is 5.61. The average molecular weight is 189 g/mol. The van der Waals surface area contributed by atoms with Crippen molar-refractivity contribution >= 4 is 0 Å². The zero-order chi connectivity index (χ0) is 9.97. The number of rotatable bonds is 1. The summed E-state index contributed by atoms with van der Waals surface area (Å²) in [5.74, 6) is -0.353. The van der Waals surface area contributed by atoms with Crippen LogP contribution in [0.25, 0.3) is 11.3 Å². The highest BCUT2D eigenvalue weighted by Gasteiger charge is 2.05. The molecular formula is C11H8FNO. The van der Waals surface area contributed by atoms with Gasteiger partial charge in [0, 0.05) is 11.8 Å². The summed E-state index contributed by atoms with van der Waals surface area (Å²) in [5.41, 5.74) is 0.825. The number of phenols is 1. The van der Waals surface area contributed by atoms with Crippen LogP contribution in [-0.2, 0) is 0 Å². The van der Waals surface area contributed by atoms with Crippen molar-refractivity contribution < 1.29 is 9.50 Å². The fourth-order valence-electron chi connectivity index (χ4n) is 1.23. The van der Waals surface area contributed by atoms with E-state index in [0.717, 1.165) is 0 Å². The van der Waals surface area contributed by atoms with Gasteiger partial charge in [-0.1, -0.05) is 6.07 Å². The molecule has 1 N–H and O–H groups in total. The van der Waals surface area contributed by atoms with Gasteiger partial charge >= 0.3 is 0 Å². The molecule has 3 heteroatoms. The molecule has 0 radical (unpaired) electrons. The van der Waals surface area contributed by atoms with Crippen molar-refractivity contribution in [1.29, 1.82) is 0 Å². The predicted molar refractivity (Wildman–Crippen MR) is 51.3 cm³/mol. The van der Waals surface area contributed by atoms with Crippen molar-refractivity contribution in [2.75, 3.05) is 0 Å². The fraction of sp³-hybridized carbons (Fsp3) is 0. The summed E-state index contributed by atoms with van der Waals surface area (Å²) >= 11 is 0. The van der Waals surface area contributed by atoms with E-state index in [1.54, 1.807) is 24.4 Å². The van der Waals surface area contributed by atoms with Gasteiger partial charge in [0.25, 0.3) is 0 Å². The van der Waals surface area contributed by atoms with Gasteiger partial charge in [0.05, 0.1) is 5.69 Å². The van der Waals surface area contributed by atoms with Crippen molar-refractivity contribution in [2.24, 2.45) is 0 Å². The van der Waals surface area contributed by atoms with Gasteiger partial charge in [0.15, 0.2) is 0 Å². The minimum absolute atomic E-state index is 0.0343. The number of hydrogen-bond donors (Lipinski definition) is 1. The zero-order valence-electron chi connectivity index (χ0n) is 7.31. The van der Waals surface area contributed by atoms with Crippen LogP contribution in [0, 0.1) is 5.82 Å². The van der Waals surface area contributed by atoms with E-state index in [1.807, 2.05) is 0 Å². The summed E-state index contributed by atoms with van der Waals surface area (Å²) in [6.07, 6.45) is 1.58. The van der Waals surface area contributed by atoms with Crippen molar-refractivity contribution in [1.82, 2.24) is 4.98 Å². The Morgan fingerprint density at radius 1 is 1.14 bits per heavy atom. The third-order valence-electron chi connectivity index (χ3n) is 1.89. The molecular weight excluding hydrogens is 181 g/mol. The van der Waals surface area contributed by atoms with Gasteiger partial charge in [-0.15, -0.1) is 0 Å². The molecule has 2 aromatic rings. The summed E-state index contributed by atoms with van der Waals surface area (Å²) < 4.78 is 13.3. The van der Waals surface area contributed by atoms with Crippen LogP contribution >= 0.6 is 0 Å². The first-order valence-corrected chi connectivity index (χ1v) is 4.17. The first-order valence-electron chi connectivity index (χ1n) is 4.17. The Hall–Kier alpha value is -1.90. The average Bonchev–Trinajstić information content (AvgIpc) is 2.23. The van der Waals surface area contributed by atoms with Crippen LogP contribution in [0.1, 0.15) is 0 Å². The molecule has 0 unspecified atom stereocenters. The summed E-state index contributed by atoms with van der Waals surface area (Å²) in [6.45, 7) is 0. The molecule has 0 atom stereocenters. The fourth-order valence-corrected chi connectivity index (χ4v) is 1.23. The molecule has 0 aliphatic carbocycles. The van der Waals surface area contributed by atoms with E-state index in [1.165, 1.54) is 18.2 Å². The lowest BCUT2D eigenvalue weighted by Gasteiger charge is -2.02. The number of aromatic hydroxyl groups is 1. The number of pyridine rings is 1. The number of hydrogen-bond acceptors (Lipinski definition) is 2. The van der Waals surface area contributed by atoms with Gasteiger partial charge in [-0.3, -0.25) is 4.98 Å². The number of benzene rings is 1. The normalized spacial score (nSPS) is 10.1. The lowest BCUT2D eigenvalue weighted by Crippen LogP contribution is -1.86. The van der Waals surface area contributed by atoms with Crippen LogP contribution in [-0.4, -0.2) is 10.1 Å². The maximum Gasteiger partial charge on any atom is 0.132 e. The van der Waals surface area contributed by atoms with Gasteiger partial charge in [0.2, 0.25) is 0 Å². The highest BCUT2D eigenvalue weighted by Crippen LogP contribution is 2.24. The summed E-state index contributed by atoms with van der Waals surface area (Å²) in [7, 11) is 0. The monoisotopic (exact) mass is 189 g/mol. The molecule has 2 nitrogen and oxygen atoms in total. The molecule has 1 heterocycles. The summed E-state index contributed by atoms with van der Waals surface area (Å²) in [4.78, 5) is 4.00. The maximum absolute atomic E-state index is 13.3. The van der Waals surface area contributed by atoms with Crippen LogP contribution in [0.15, 0.2) is 42.6 Å². The molecule has 0 saturated heterocycles. The van der Waals surface area contributed by atoms with E-state index in [-0.39, 0.29) is 11.6 Å². The van der Waals surface area contributed by atoms with Gasteiger partial charge in [-0.2, -0.15) is 0 Å². The smallest absolute Gasteiger partial charge is 0.132 e. The summed E-state index contributed by atoms with van der Waals surface area (Å²) in [5, 5.41) is 9.20. The van der Waals surface area contributed by atoms with Crippen LogP contribution < -0.4 is 0 Å². The Morgan fingerprint density at radius 2 is 2.00 bits per heavy atom. The van der Waals surface area contributed by atoms with Crippen molar-refractivity contribution in [3.8, 4) is 17.0 Å². The first kappa shape index (κ1) is 8.69. The molecule has 0 aliphatic heterocycles. The largest absolute Gasteiger partial charge is 0.508 e. The minimum atomic E-state index is -0.388. The molecule has 14 heavy (non-hydrogen) atoms. The number of nitrogens with zero attached hydrogens (tertiary/aromatic N) is 1. The third-order valence-corrected chi connectivity index (χ3v) is 1.89. The van der Waals surface area contributed by atoms with Crippen molar-refractivity contribution in [3.05, 3.63) is 48.4 Å². The quantitative estimate of drug-likeness (QED) is 0.747. The molecule has 2 rings (SSSR count). The SMILES string of the molecule is Oc1ccc(F)c(-c2ccccn2)c1. The van der Waals surface area contributed by atoms with E-state index in [4.69, 9.17) is 0 Å². The number of aromatic nitrogens is 1. The number of halogens is 1. The van der Waals surface area contributed by atoms with Gasteiger partial charge in [0.1, 0.15) is 11.6 Å². The maximum atomic E-state index is 13.3. The van der Waals surface area contributed by atoms with E-state index in [2.05, 4.69) is 4.98 Å². The molecule has 0 fully saturated rings. The zero-order valence-corrected chi connectivity index (χ0v) is 7.31.